The van der Waals surface area contributed by atoms with Crippen LogP contribution in [0.25, 0.3) is 0 Å². The molecule has 0 heterocycles. The summed E-state index contributed by atoms with van der Waals surface area (Å²) >= 11 is 3.31. The molecule has 19 heavy (non-hydrogen) atoms. The Kier molecular flexibility index (Phi) is 6.44. The zero-order valence-electron chi connectivity index (χ0n) is 10.4. The molecule has 1 aromatic rings. The average molecular weight is 330 g/mol. The van der Waals surface area contributed by atoms with Crippen LogP contribution in [0.15, 0.2) is 22.7 Å². The molecule has 6 nitrogen and oxygen atoms in total. The van der Waals surface area contributed by atoms with Gasteiger partial charge in [0.2, 0.25) is 5.91 Å². The number of amides is 1. The fourth-order valence-electron chi connectivity index (χ4n) is 1.57. The second-order valence-electron chi connectivity index (χ2n) is 4.13. The fourth-order valence-corrected chi connectivity index (χ4v) is 2.07. The van der Waals surface area contributed by atoms with Crippen molar-refractivity contribution in [1.29, 1.82) is 0 Å². The first-order valence-corrected chi connectivity index (χ1v) is 6.72. The SMILES string of the molecule is NC(=O)CCCCNCc1ccc([N+](=O)[O-])cc1Br. The maximum Gasteiger partial charge on any atom is 0.270 e. The number of nitrogens with two attached hydrogens (primary N) is 1. The van der Waals surface area contributed by atoms with Crippen molar-refractivity contribution in [3.05, 3.63) is 38.3 Å². The van der Waals surface area contributed by atoms with Crippen molar-refractivity contribution in [2.75, 3.05) is 6.54 Å². The van der Waals surface area contributed by atoms with E-state index in [0.717, 1.165) is 24.9 Å². The number of hydrogen-bond acceptors (Lipinski definition) is 4. The molecule has 104 valence electrons. The summed E-state index contributed by atoms with van der Waals surface area (Å²) in [6.07, 6.45) is 2.04. The minimum absolute atomic E-state index is 0.0667. The molecule has 1 aromatic carbocycles. The molecule has 0 unspecified atom stereocenters. The molecular weight excluding hydrogens is 314 g/mol. The van der Waals surface area contributed by atoms with Crippen LogP contribution in [0.5, 0.6) is 0 Å². The number of carbonyl (C=O) groups is 1. The molecule has 0 atom stereocenters. The number of nitrogens with zero attached hydrogens (tertiary/aromatic N) is 1. The monoisotopic (exact) mass is 329 g/mol. The van der Waals surface area contributed by atoms with Gasteiger partial charge in [-0.05, 0) is 31.0 Å². The van der Waals surface area contributed by atoms with Gasteiger partial charge in [-0.3, -0.25) is 14.9 Å². The molecule has 0 aromatic heterocycles. The lowest BCUT2D eigenvalue weighted by molar-refractivity contribution is -0.384. The van der Waals surface area contributed by atoms with Crippen LogP contribution in [0.3, 0.4) is 0 Å². The van der Waals surface area contributed by atoms with Crippen LogP contribution in [-0.4, -0.2) is 17.4 Å². The van der Waals surface area contributed by atoms with Gasteiger partial charge in [0.15, 0.2) is 0 Å². The van der Waals surface area contributed by atoms with Crippen LogP contribution in [-0.2, 0) is 11.3 Å². The van der Waals surface area contributed by atoms with Gasteiger partial charge in [-0.2, -0.15) is 0 Å². The molecule has 0 fully saturated rings. The molecule has 0 spiro atoms. The second-order valence-corrected chi connectivity index (χ2v) is 4.99. The van der Waals surface area contributed by atoms with Crippen molar-refractivity contribution in [2.45, 2.75) is 25.8 Å². The average Bonchev–Trinajstić information content (AvgIpc) is 2.34. The van der Waals surface area contributed by atoms with E-state index in [1.54, 1.807) is 6.07 Å². The Balaban J connectivity index is 2.33. The van der Waals surface area contributed by atoms with E-state index in [4.69, 9.17) is 5.73 Å². The summed E-state index contributed by atoms with van der Waals surface area (Å²) in [5.74, 6) is -0.280. The molecule has 0 aliphatic rings. The number of rotatable bonds is 8. The molecule has 7 heteroatoms. The first-order chi connectivity index (χ1) is 9.00. The number of primary amides is 1. The highest BCUT2D eigenvalue weighted by Gasteiger charge is 2.08. The minimum atomic E-state index is -0.425. The van der Waals surface area contributed by atoms with Crippen molar-refractivity contribution >= 4 is 27.5 Å². The maximum absolute atomic E-state index is 10.6. The number of non-ortho nitro benzene ring substituents is 1. The van der Waals surface area contributed by atoms with E-state index >= 15 is 0 Å². The first-order valence-electron chi connectivity index (χ1n) is 5.92. The Morgan fingerprint density at radius 1 is 1.42 bits per heavy atom. The highest BCUT2D eigenvalue weighted by atomic mass is 79.9. The van der Waals surface area contributed by atoms with Gasteiger partial charge < -0.3 is 11.1 Å². The van der Waals surface area contributed by atoms with Crippen molar-refractivity contribution in [3.63, 3.8) is 0 Å². The molecule has 3 N–H and O–H groups in total. The molecule has 0 bridgehead atoms. The summed E-state index contributed by atoms with van der Waals surface area (Å²) in [4.78, 5) is 20.7. The third-order valence-corrected chi connectivity index (χ3v) is 3.33. The van der Waals surface area contributed by atoms with Gasteiger partial charge >= 0.3 is 0 Å². The van der Waals surface area contributed by atoms with Crippen molar-refractivity contribution in [2.24, 2.45) is 5.73 Å². The topological polar surface area (TPSA) is 98.3 Å². The molecule has 0 saturated heterocycles. The van der Waals surface area contributed by atoms with E-state index in [2.05, 4.69) is 21.2 Å². The van der Waals surface area contributed by atoms with Crippen LogP contribution in [0, 0.1) is 10.1 Å². The van der Waals surface area contributed by atoms with Gasteiger partial charge in [0.25, 0.3) is 5.69 Å². The van der Waals surface area contributed by atoms with E-state index in [0.29, 0.717) is 17.4 Å². The van der Waals surface area contributed by atoms with Gasteiger partial charge in [-0.25, -0.2) is 0 Å². The number of unbranched alkanes of at least 4 members (excludes halogenated alkanes) is 1. The smallest absolute Gasteiger partial charge is 0.270 e. The van der Waals surface area contributed by atoms with E-state index in [9.17, 15) is 14.9 Å². The van der Waals surface area contributed by atoms with Crippen LogP contribution in [0.1, 0.15) is 24.8 Å². The maximum atomic E-state index is 10.6. The van der Waals surface area contributed by atoms with E-state index in [-0.39, 0.29) is 11.6 Å². The third kappa shape index (κ3) is 5.80. The zero-order valence-corrected chi connectivity index (χ0v) is 12.0. The number of nitro groups is 1. The van der Waals surface area contributed by atoms with Gasteiger partial charge in [0.1, 0.15) is 0 Å². The Morgan fingerprint density at radius 3 is 2.74 bits per heavy atom. The van der Waals surface area contributed by atoms with Gasteiger partial charge in [-0.15, -0.1) is 0 Å². The number of halogens is 1. The molecule has 0 saturated carbocycles. The quantitative estimate of drug-likeness (QED) is 0.433. The van der Waals surface area contributed by atoms with Gasteiger partial charge in [-0.1, -0.05) is 15.9 Å². The Bertz CT molecular complexity index is 466. The fraction of sp³-hybridized carbons (Fsp3) is 0.417. The largest absolute Gasteiger partial charge is 0.370 e. The van der Waals surface area contributed by atoms with Crippen molar-refractivity contribution in [1.82, 2.24) is 5.32 Å². The summed E-state index contributed by atoms with van der Waals surface area (Å²) in [6.45, 7) is 1.39. The predicted octanol–water partition coefficient (Wildman–Crippen LogP) is 2.10. The molecule has 1 rings (SSSR count). The van der Waals surface area contributed by atoms with E-state index < -0.39 is 4.92 Å². The number of benzene rings is 1. The highest BCUT2D eigenvalue weighted by molar-refractivity contribution is 9.10. The number of nitro benzene ring substituents is 1. The Hall–Kier alpha value is -1.47. The third-order valence-electron chi connectivity index (χ3n) is 2.59. The number of hydrogen-bond donors (Lipinski definition) is 2. The predicted molar refractivity (Wildman–Crippen MR) is 75.5 cm³/mol. The molecule has 0 radical (unpaired) electrons. The summed E-state index contributed by atoms with van der Waals surface area (Å²) in [5, 5.41) is 13.8. The lowest BCUT2D eigenvalue weighted by Gasteiger charge is -2.06. The molecule has 0 aliphatic heterocycles. The lowest BCUT2D eigenvalue weighted by Crippen LogP contribution is -2.16. The van der Waals surface area contributed by atoms with E-state index in [1.165, 1.54) is 12.1 Å². The summed E-state index contributed by atoms with van der Waals surface area (Å²) < 4.78 is 0.714. The summed E-state index contributed by atoms with van der Waals surface area (Å²) in [6, 6.07) is 4.69. The second kappa shape index (κ2) is 7.85. The number of nitrogens with one attached hydrogen (secondary N) is 1. The first kappa shape index (κ1) is 15.6. The Morgan fingerprint density at radius 2 is 2.16 bits per heavy atom. The van der Waals surface area contributed by atoms with E-state index in [1.807, 2.05) is 0 Å². The molecule has 0 aliphatic carbocycles. The highest BCUT2D eigenvalue weighted by Crippen LogP contribution is 2.22. The van der Waals surface area contributed by atoms with Crippen molar-refractivity contribution < 1.29 is 9.72 Å². The van der Waals surface area contributed by atoms with Crippen molar-refractivity contribution in [3.8, 4) is 0 Å². The lowest BCUT2D eigenvalue weighted by atomic mass is 10.2. The van der Waals surface area contributed by atoms with Crippen LogP contribution < -0.4 is 11.1 Å². The van der Waals surface area contributed by atoms with Crippen LogP contribution in [0.2, 0.25) is 0 Å². The van der Waals surface area contributed by atoms with Gasteiger partial charge in [0.05, 0.1) is 4.92 Å². The summed E-state index contributed by atoms with van der Waals surface area (Å²) in [7, 11) is 0. The molecular formula is C12H16BrN3O3. The van der Waals surface area contributed by atoms with Crippen LogP contribution >= 0.6 is 15.9 Å². The zero-order chi connectivity index (χ0) is 14.3. The van der Waals surface area contributed by atoms with Gasteiger partial charge in [0, 0.05) is 29.6 Å². The normalized spacial score (nSPS) is 10.4. The Labute approximate surface area is 119 Å². The minimum Gasteiger partial charge on any atom is -0.370 e. The summed E-state index contributed by atoms with van der Waals surface area (Å²) in [5.41, 5.74) is 6.06. The standard InChI is InChI=1S/C12H16BrN3O3/c13-11-7-10(16(18)19)5-4-9(11)8-15-6-2-1-3-12(14)17/h4-5,7,15H,1-3,6,8H2,(H2,14,17). The number of carbonyl (C=O) groups excluding carboxylic acids is 1. The molecule has 1 amide bonds. The van der Waals surface area contributed by atoms with Crippen LogP contribution in [0.4, 0.5) is 5.69 Å².